The number of hydrogen-bond acceptors (Lipinski definition) is 5. The molecular weight excluding hydrogens is 338 g/mol. The number of hydrogen-bond donors (Lipinski definition) is 1. The fourth-order valence-electron chi connectivity index (χ4n) is 3.51. The summed E-state index contributed by atoms with van der Waals surface area (Å²) >= 11 is 0. The van der Waals surface area contributed by atoms with Crippen LogP contribution in [0.4, 0.5) is 10.5 Å². The quantitative estimate of drug-likeness (QED) is 0.518. The molecule has 8 nitrogen and oxygen atoms in total. The third-order valence-electron chi connectivity index (χ3n) is 4.77. The predicted octanol–water partition coefficient (Wildman–Crippen LogP) is 2.32. The van der Waals surface area contributed by atoms with Crippen LogP contribution >= 0.6 is 0 Å². The first kappa shape index (κ1) is 16.1. The molecule has 3 amide bonds. The zero-order chi connectivity index (χ0) is 18.3. The number of carbonyl (C=O) groups is 2. The normalized spacial score (nSPS) is 21.3. The zero-order valence-corrected chi connectivity index (χ0v) is 13.7. The van der Waals surface area contributed by atoms with Gasteiger partial charge in [0.2, 0.25) is 0 Å². The van der Waals surface area contributed by atoms with E-state index >= 15 is 0 Å². The predicted molar refractivity (Wildman–Crippen MR) is 90.4 cm³/mol. The van der Waals surface area contributed by atoms with Crippen molar-refractivity contribution < 1.29 is 19.2 Å². The van der Waals surface area contributed by atoms with Gasteiger partial charge in [0.05, 0.1) is 18.1 Å². The summed E-state index contributed by atoms with van der Waals surface area (Å²) in [5.74, 6) is 0.136. The smallest absolute Gasteiger partial charge is 0.325 e. The van der Waals surface area contributed by atoms with Gasteiger partial charge in [-0.15, -0.1) is 0 Å². The van der Waals surface area contributed by atoms with E-state index in [2.05, 4.69) is 5.32 Å². The third kappa shape index (κ3) is 2.30. The van der Waals surface area contributed by atoms with Gasteiger partial charge >= 0.3 is 6.03 Å². The van der Waals surface area contributed by atoms with Gasteiger partial charge in [-0.05, 0) is 6.07 Å². The van der Waals surface area contributed by atoms with Crippen molar-refractivity contribution in [3.05, 3.63) is 69.8 Å². The van der Waals surface area contributed by atoms with Crippen LogP contribution in [0.25, 0.3) is 0 Å². The summed E-state index contributed by atoms with van der Waals surface area (Å²) in [6.45, 7) is 0.134. The SMILES string of the molecule is O=C1NC2(CCOc3ccccc32)C(=O)N1Cc1ccccc1[N+](=O)[O-]. The highest BCUT2D eigenvalue weighted by Crippen LogP contribution is 2.41. The highest BCUT2D eigenvalue weighted by molar-refractivity contribution is 6.07. The lowest BCUT2D eigenvalue weighted by Crippen LogP contribution is -2.47. The van der Waals surface area contributed by atoms with Crippen molar-refractivity contribution in [2.24, 2.45) is 0 Å². The monoisotopic (exact) mass is 353 g/mol. The van der Waals surface area contributed by atoms with Gasteiger partial charge in [-0.2, -0.15) is 0 Å². The number of ether oxygens (including phenoxy) is 1. The van der Waals surface area contributed by atoms with Crippen molar-refractivity contribution in [1.29, 1.82) is 0 Å². The Morgan fingerprint density at radius 1 is 1.15 bits per heavy atom. The van der Waals surface area contributed by atoms with Crippen LogP contribution in [0.2, 0.25) is 0 Å². The minimum Gasteiger partial charge on any atom is -0.493 e. The Balaban J connectivity index is 1.71. The largest absolute Gasteiger partial charge is 0.493 e. The molecule has 1 fully saturated rings. The number of amides is 3. The lowest BCUT2D eigenvalue weighted by atomic mass is 9.84. The van der Waals surface area contributed by atoms with Crippen LogP contribution in [-0.2, 0) is 16.9 Å². The summed E-state index contributed by atoms with van der Waals surface area (Å²) in [4.78, 5) is 37.4. The molecule has 1 spiro atoms. The Morgan fingerprint density at radius 2 is 1.88 bits per heavy atom. The Bertz CT molecular complexity index is 929. The number of fused-ring (bicyclic) bond motifs is 2. The van der Waals surface area contributed by atoms with E-state index in [0.29, 0.717) is 29.9 Å². The van der Waals surface area contributed by atoms with E-state index in [9.17, 15) is 19.7 Å². The van der Waals surface area contributed by atoms with Crippen LogP contribution in [0, 0.1) is 10.1 Å². The lowest BCUT2D eigenvalue weighted by Gasteiger charge is -2.33. The van der Waals surface area contributed by atoms with Crippen LogP contribution in [-0.4, -0.2) is 28.4 Å². The number of nitrogens with one attached hydrogen (secondary N) is 1. The molecule has 0 saturated carbocycles. The Morgan fingerprint density at radius 3 is 2.69 bits per heavy atom. The first-order valence-electron chi connectivity index (χ1n) is 8.12. The highest BCUT2D eigenvalue weighted by Gasteiger charge is 2.54. The van der Waals surface area contributed by atoms with E-state index in [1.165, 1.54) is 6.07 Å². The van der Waals surface area contributed by atoms with Gasteiger partial charge in [-0.25, -0.2) is 4.79 Å². The van der Waals surface area contributed by atoms with E-state index in [1.54, 1.807) is 42.5 Å². The summed E-state index contributed by atoms with van der Waals surface area (Å²) in [6, 6.07) is 12.6. The van der Waals surface area contributed by atoms with Crippen molar-refractivity contribution in [2.45, 2.75) is 18.5 Å². The first-order chi connectivity index (χ1) is 12.5. The maximum absolute atomic E-state index is 13.2. The molecule has 1 unspecified atom stereocenters. The maximum atomic E-state index is 13.2. The molecule has 0 radical (unpaired) electrons. The molecule has 1 atom stereocenters. The van der Waals surface area contributed by atoms with Crippen molar-refractivity contribution >= 4 is 17.6 Å². The molecule has 0 bridgehead atoms. The standard InChI is InChI=1S/C18H15N3O5/c22-16-18(9-10-26-15-8-4-2-6-13(15)18)19-17(23)20(16)11-12-5-1-3-7-14(12)21(24)25/h1-8H,9-11H2,(H,19,23). The molecular formula is C18H15N3O5. The molecule has 2 aliphatic heterocycles. The van der Waals surface area contributed by atoms with Gasteiger partial charge in [0.1, 0.15) is 5.75 Å². The molecule has 2 aromatic carbocycles. The topological polar surface area (TPSA) is 102 Å². The van der Waals surface area contributed by atoms with Gasteiger partial charge in [-0.1, -0.05) is 36.4 Å². The summed E-state index contributed by atoms with van der Waals surface area (Å²) in [6.07, 6.45) is 0.308. The van der Waals surface area contributed by atoms with Crippen molar-refractivity contribution in [3.63, 3.8) is 0 Å². The molecule has 132 valence electrons. The van der Waals surface area contributed by atoms with Gasteiger partial charge in [0.25, 0.3) is 11.6 Å². The van der Waals surface area contributed by atoms with Gasteiger partial charge in [0, 0.05) is 23.6 Å². The van der Waals surface area contributed by atoms with Crippen LogP contribution in [0.5, 0.6) is 5.75 Å². The molecule has 1 N–H and O–H groups in total. The minimum atomic E-state index is -1.19. The lowest BCUT2D eigenvalue weighted by molar-refractivity contribution is -0.385. The number of benzene rings is 2. The number of para-hydroxylation sites is 2. The zero-order valence-electron chi connectivity index (χ0n) is 13.7. The van der Waals surface area contributed by atoms with Gasteiger partial charge in [-0.3, -0.25) is 19.8 Å². The van der Waals surface area contributed by atoms with E-state index in [0.717, 1.165) is 4.90 Å². The number of imide groups is 1. The molecule has 2 aliphatic rings. The van der Waals surface area contributed by atoms with Crippen LogP contribution in [0.15, 0.2) is 48.5 Å². The summed E-state index contributed by atoms with van der Waals surface area (Å²) in [5.41, 5.74) is -0.398. The molecule has 2 heterocycles. The molecule has 26 heavy (non-hydrogen) atoms. The molecule has 8 heteroatoms. The molecule has 1 saturated heterocycles. The summed E-state index contributed by atoms with van der Waals surface area (Å²) < 4.78 is 5.59. The van der Waals surface area contributed by atoms with E-state index in [1.807, 2.05) is 0 Å². The highest BCUT2D eigenvalue weighted by atomic mass is 16.6. The molecule has 0 aliphatic carbocycles. The summed E-state index contributed by atoms with van der Waals surface area (Å²) in [7, 11) is 0. The average Bonchev–Trinajstić information content (AvgIpc) is 2.87. The fraction of sp³-hybridized carbons (Fsp3) is 0.222. The Kier molecular flexibility index (Phi) is 3.61. The van der Waals surface area contributed by atoms with Crippen LogP contribution < -0.4 is 10.1 Å². The van der Waals surface area contributed by atoms with Gasteiger partial charge in [0.15, 0.2) is 5.54 Å². The second-order valence-electron chi connectivity index (χ2n) is 6.21. The van der Waals surface area contributed by atoms with Crippen molar-refractivity contribution in [1.82, 2.24) is 10.2 Å². The molecule has 0 aromatic heterocycles. The average molecular weight is 353 g/mol. The number of nitro groups is 1. The molecule has 4 rings (SSSR count). The van der Waals surface area contributed by atoms with Crippen LogP contribution in [0.1, 0.15) is 17.5 Å². The summed E-state index contributed by atoms with van der Waals surface area (Å²) in [5, 5.41) is 14.0. The van der Waals surface area contributed by atoms with Crippen molar-refractivity contribution in [2.75, 3.05) is 6.61 Å². The second-order valence-corrected chi connectivity index (χ2v) is 6.21. The van der Waals surface area contributed by atoms with Gasteiger partial charge < -0.3 is 10.1 Å². The van der Waals surface area contributed by atoms with Crippen LogP contribution in [0.3, 0.4) is 0 Å². The van der Waals surface area contributed by atoms with E-state index < -0.39 is 22.4 Å². The number of nitrogens with zero attached hydrogens (tertiary/aromatic N) is 2. The third-order valence-corrected chi connectivity index (χ3v) is 4.77. The maximum Gasteiger partial charge on any atom is 0.325 e. The Hall–Kier alpha value is -3.42. The first-order valence-corrected chi connectivity index (χ1v) is 8.12. The number of nitro benzene ring substituents is 1. The Labute approximate surface area is 148 Å². The fourth-order valence-corrected chi connectivity index (χ4v) is 3.51. The second kappa shape index (κ2) is 5.83. The van der Waals surface area contributed by atoms with Crippen molar-refractivity contribution in [3.8, 4) is 5.75 Å². The van der Waals surface area contributed by atoms with E-state index in [4.69, 9.17) is 4.74 Å². The molecule has 2 aromatic rings. The number of rotatable bonds is 3. The van der Waals surface area contributed by atoms with E-state index in [-0.39, 0.29) is 12.2 Å². The number of urea groups is 1. The minimum absolute atomic E-state index is 0.124. The number of carbonyl (C=O) groups excluding carboxylic acids is 2.